The molecular formula is C10H9N3O2. The van der Waals surface area contributed by atoms with E-state index in [1.165, 1.54) is 12.1 Å². The summed E-state index contributed by atoms with van der Waals surface area (Å²) in [4.78, 5) is 10.2. The van der Waals surface area contributed by atoms with Crippen molar-refractivity contribution in [3.63, 3.8) is 0 Å². The molecule has 2 rings (SSSR count). The summed E-state index contributed by atoms with van der Waals surface area (Å²) < 4.78 is 1.61. The third-order valence-corrected chi connectivity index (χ3v) is 2.15. The summed E-state index contributed by atoms with van der Waals surface area (Å²) in [7, 11) is 0. The molecule has 0 amide bonds. The predicted octanol–water partition coefficient (Wildman–Crippen LogP) is 2.09. The molecule has 0 unspecified atom stereocenters. The molecule has 0 spiro atoms. The van der Waals surface area contributed by atoms with Crippen LogP contribution < -0.4 is 0 Å². The first kappa shape index (κ1) is 9.39. The van der Waals surface area contributed by atoms with Crippen molar-refractivity contribution in [3.8, 4) is 5.69 Å². The molecule has 0 N–H and O–H groups in total. The van der Waals surface area contributed by atoms with Crippen molar-refractivity contribution in [2.24, 2.45) is 0 Å². The van der Waals surface area contributed by atoms with E-state index in [1.807, 2.05) is 6.92 Å². The Hall–Kier alpha value is -2.17. The normalized spacial score (nSPS) is 10.2. The van der Waals surface area contributed by atoms with E-state index in [2.05, 4.69) is 5.10 Å². The number of nitro benzene ring substituents is 1. The van der Waals surface area contributed by atoms with Crippen molar-refractivity contribution in [1.82, 2.24) is 9.78 Å². The van der Waals surface area contributed by atoms with Crippen LogP contribution in [0.15, 0.2) is 36.7 Å². The number of aromatic nitrogens is 2. The maximum atomic E-state index is 10.6. The second-order valence-corrected chi connectivity index (χ2v) is 3.18. The van der Waals surface area contributed by atoms with Gasteiger partial charge >= 0.3 is 0 Å². The van der Waals surface area contributed by atoms with Gasteiger partial charge in [-0.3, -0.25) is 10.1 Å². The highest BCUT2D eigenvalue weighted by Gasteiger charge is 2.09. The van der Waals surface area contributed by atoms with Crippen LogP contribution in [0.2, 0.25) is 0 Å². The molecule has 1 heterocycles. The summed E-state index contributed by atoms with van der Waals surface area (Å²) in [6.45, 7) is 1.89. The second kappa shape index (κ2) is 3.53. The summed E-state index contributed by atoms with van der Waals surface area (Å²) in [5.74, 6) is 0. The average molecular weight is 203 g/mol. The monoisotopic (exact) mass is 203 g/mol. The van der Waals surface area contributed by atoms with Crippen LogP contribution in [-0.2, 0) is 0 Å². The molecule has 0 saturated carbocycles. The van der Waals surface area contributed by atoms with Gasteiger partial charge in [0.15, 0.2) is 0 Å². The molecule has 0 aliphatic rings. The Kier molecular flexibility index (Phi) is 2.21. The lowest BCUT2D eigenvalue weighted by Gasteiger charge is -2.04. The molecule has 0 radical (unpaired) electrons. The van der Waals surface area contributed by atoms with E-state index < -0.39 is 4.92 Å². The molecule has 1 aromatic heterocycles. The number of aryl methyl sites for hydroxylation is 1. The fourth-order valence-corrected chi connectivity index (χ4v) is 1.37. The molecule has 15 heavy (non-hydrogen) atoms. The number of nitrogens with zero attached hydrogens (tertiary/aromatic N) is 3. The number of hydrogen-bond donors (Lipinski definition) is 0. The second-order valence-electron chi connectivity index (χ2n) is 3.18. The first-order valence-corrected chi connectivity index (χ1v) is 4.43. The zero-order valence-corrected chi connectivity index (χ0v) is 8.12. The Labute approximate surface area is 86.1 Å². The van der Waals surface area contributed by atoms with Gasteiger partial charge < -0.3 is 0 Å². The maximum Gasteiger partial charge on any atom is 0.271 e. The Bertz CT molecular complexity index is 491. The minimum Gasteiger partial charge on any atom is -0.258 e. The summed E-state index contributed by atoms with van der Waals surface area (Å²) >= 11 is 0. The number of benzene rings is 1. The van der Waals surface area contributed by atoms with Crippen molar-refractivity contribution >= 4 is 5.69 Å². The maximum absolute atomic E-state index is 10.6. The predicted molar refractivity (Wildman–Crippen MR) is 55.0 cm³/mol. The van der Waals surface area contributed by atoms with E-state index in [0.29, 0.717) is 0 Å². The lowest BCUT2D eigenvalue weighted by molar-refractivity contribution is -0.384. The van der Waals surface area contributed by atoms with Crippen LogP contribution in [0.1, 0.15) is 5.56 Å². The van der Waals surface area contributed by atoms with Gasteiger partial charge in [-0.25, -0.2) is 4.68 Å². The van der Waals surface area contributed by atoms with Gasteiger partial charge in [-0.15, -0.1) is 0 Å². The van der Waals surface area contributed by atoms with Crippen molar-refractivity contribution in [1.29, 1.82) is 0 Å². The molecule has 76 valence electrons. The van der Waals surface area contributed by atoms with Crippen molar-refractivity contribution in [2.45, 2.75) is 6.92 Å². The number of hydrogen-bond acceptors (Lipinski definition) is 3. The molecule has 0 saturated heterocycles. The summed E-state index contributed by atoms with van der Waals surface area (Å²) in [5, 5.41) is 14.7. The van der Waals surface area contributed by atoms with Gasteiger partial charge in [0.1, 0.15) is 0 Å². The topological polar surface area (TPSA) is 61.0 Å². The van der Waals surface area contributed by atoms with Crippen molar-refractivity contribution in [3.05, 3.63) is 52.3 Å². The molecule has 2 aromatic rings. The van der Waals surface area contributed by atoms with Gasteiger partial charge in [0.2, 0.25) is 0 Å². The molecule has 0 bridgehead atoms. The quantitative estimate of drug-likeness (QED) is 0.554. The SMILES string of the molecule is Cc1ccc([N+](=O)[O-])cc1-n1cccn1. The van der Waals surface area contributed by atoms with Crippen LogP contribution in [0.4, 0.5) is 5.69 Å². The van der Waals surface area contributed by atoms with E-state index in [-0.39, 0.29) is 5.69 Å². The zero-order chi connectivity index (χ0) is 10.8. The highest BCUT2D eigenvalue weighted by Crippen LogP contribution is 2.19. The lowest BCUT2D eigenvalue weighted by atomic mass is 10.2. The fourth-order valence-electron chi connectivity index (χ4n) is 1.37. The third kappa shape index (κ3) is 1.71. The highest BCUT2D eigenvalue weighted by molar-refractivity contribution is 5.48. The van der Waals surface area contributed by atoms with Gasteiger partial charge in [0.05, 0.1) is 10.6 Å². The molecule has 0 atom stereocenters. The van der Waals surface area contributed by atoms with E-state index in [4.69, 9.17) is 0 Å². The molecule has 5 heteroatoms. The first-order valence-electron chi connectivity index (χ1n) is 4.43. The summed E-state index contributed by atoms with van der Waals surface area (Å²) in [5.41, 5.74) is 1.75. The molecule has 0 aliphatic carbocycles. The van der Waals surface area contributed by atoms with Crippen LogP contribution in [0.5, 0.6) is 0 Å². The summed E-state index contributed by atoms with van der Waals surface area (Å²) in [6, 6.07) is 6.50. The first-order chi connectivity index (χ1) is 7.18. The van der Waals surface area contributed by atoms with Gasteiger partial charge in [-0.1, -0.05) is 6.07 Å². The standard InChI is InChI=1S/C10H9N3O2/c1-8-3-4-9(13(14)15)7-10(8)12-6-2-5-11-12/h2-7H,1H3. The molecule has 1 aromatic carbocycles. The van der Waals surface area contributed by atoms with Gasteiger partial charge in [0.25, 0.3) is 5.69 Å². The molecule has 5 nitrogen and oxygen atoms in total. The van der Waals surface area contributed by atoms with Crippen LogP contribution >= 0.6 is 0 Å². The van der Waals surface area contributed by atoms with Crippen LogP contribution in [0, 0.1) is 17.0 Å². The van der Waals surface area contributed by atoms with Crippen LogP contribution in [0.25, 0.3) is 5.69 Å². The Morgan fingerprint density at radius 2 is 2.27 bits per heavy atom. The van der Waals surface area contributed by atoms with Crippen molar-refractivity contribution < 1.29 is 4.92 Å². The molecule has 0 aliphatic heterocycles. The molecular weight excluding hydrogens is 194 g/mol. The summed E-state index contributed by atoms with van der Waals surface area (Å²) in [6.07, 6.45) is 3.39. The van der Waals surface area contributed by atoms with Crippen molar-refractivity contribution in [2.75, 3.05) is 0 Å². The smallest absolute Gasteiger partial charge is 0.258 e. The van der Waals surface area contributed by atoms with Crippen LogP contribution in [-0.4, -0.2) is 14.7 Å². The third-order valence-electron chi connectivity index (χ3n) is 2.15. The minimum absolute atomic E-state index is 0.0751. The average Bonchev–Trinajstić information content (AvgIpc) is 2.71. The van der Waals surface area contributed by atoms with Gasteiger partial charge in [-0.2, -0.15) is 5.10 Å². The number of nitro groups is 1. The van der Waals surface area contributed by atoms with Gasteiger partial charge in [-0.05, 0) is 18.6 Å². The zero-order valence-electron chi connectivity index (χ0n) is 8.12. The van der Waals surface area contributed by atoms with E-state index in [9.17, 15) is 10.1 Å². The Morgan fingerprint density at radius 1 is 1.47 bits per heavy atom. The molecule has 0 fully saturated rings. The van der Waals surface area contributed by atoms with Crippen LogP contribution in [0.3, 0.4) is 0 Å². The van der Waals surface area contributed by atoms with E-state index >= 15 is 0 Å². The van der Waals surface area contributed by atoms with E-state index in [1.54, 1.807) is 29.2 Å². The Balaban J connectivity index is 2.55. The lowest BCUT2D eigenvalue weighted by Crippen LogP contribution is -1.99. The number of non-ortho nitro benzene ring substituents is 1. The largest absolute Gasteiger partial charge is 0.271 e. The number of rotatable bonds is 2. The van der Waals surface area contributed by atoms with E-state index in [0.717, 1.165) is 11.3 Å². The Morgan fingerprint density at radius 3 is 2.87 bits per heavy atom. The van der Waals surface area contributed by atoms with Gasteiger partial charge in [0, 0.05) is 24.5 Å². The highest BCUT2D eigenvalue weighted by atomic mass is 16.6. The minimum atomic E-state index is -0.410. The fraction of sp³-hybridized carbons (Fsp3) is 0.100.